The van der Waals surface area contributed by atoms with Gasteiger partial charge in [-0.15, -0.1) is 0 Å². The van der Waals surface area contributed by atoms with E-state index in [0.717, 1.165) is 18.2 Å². The Morgan fingerprint density at radius 3 is 2.53 bits per heavy atom. The number of halogens is 3. The fourth-order valence-electron chi connectivity index (χ4n) is 3.06. The molecule has 30 heavy (non-hydrogen) atoms. The minimum atomic E-state index is -1.01. The first kappa shape index (κ1) is 20.0. The number of thioether (sulfide) groups is 1. The number of nitrogens with zero attached hydrogens (tertiary/aromatic N) is 2. The van der Waals surface area contributed by atoms with E-state index >= 15 is 0 Å². The lowest BCUT2D eigenvalue weighted by atomic mass is 10.1. The van der Waals surface area contributed by atoms with E-state index in [0.29, 0.717) is 21.9 Å². The zero-order valence-electron chi connectivity index (χ0n) is 15.7. The Morgan fingerprint density at radius 1 is 1.00 bits per heavy atom. The summed E-state index contributed by atoms with van der Waals surface area (Å²) in [5.74, 6) is -2.54. The molecule has 3 aromatic carbocycles. The first-order chi connectivity index (χ1) is 14.5. The monoisotopic (exact) mass is 428 g/mol. The summed E-state index contributed by atoms with van der Waals surface area (Å²) in [6, 6.07) is 15.8. The molecule has 0 spiro atoms. The molecule has 1 amide bonds. The van der Waals surface area contributed by atoms with E-state index in [1.807, 2.05) is 0 Å². The van der Waals surface area contributed by atoms with Crippen molar-refractivity contribution in [1.82, 2.24) is 5.01 Å². The van der Waals surface area contributed by atoms with Crippen LogP contribution in [-0.2, 0) is 0 Å². The molecule has 0 bridgehead atoms. The number of carbonyl (C=O) groups is 1. The number of benzene rings is 3. The third-order valence-electron chi connectivity index (χ3n) is 4.50. The molecule has 0 saturated carbocycles. The van der Waals surface area contributed by atoms with Crippen LogP contribution in [-0.4, -0.2) is 23.1 Å². The minimum Gasteiger partial charge on any atom is -0.496 e. The summed E-state index contributed by atoms with van der Waals surface area (Å²) in [6.07, 6.45) is 0. The summed E-state index contributed by atoms with van der Waals surface area (Å²) in [5, 5.41) is 5.26. The molecule has 1 heterocycles. The number of hydrogen-bond acceptors (Lipinski definition) is 4. The van der Waals surface area contributed by atoms with Crippen molar-refractivity contribution in [3.63, 3.8) is 0 Å². The summed E-state index contributed by atoms with van der Waals surface area (Å²) in [6.45, 7) is 0. The van der Waals surface area contributed by atoms with Gasteiger partial charge in [-0.2, -0.15) is 5.10 Å². The highest BCUT2D eigenvalue weighted by Gasteiger charge is 2.36. The van der Waals surface area contributed by atoms with Gasteiger partial charge in [-0.3, -0.25) is 4.79 Å². The number of para-hydroxylation sites is 1. The molecule has 8 heteroatoms. The van der Waals surface area contributed by atoms with Crippen molar-refractivity contribution in [3.05, 3.63) is 101 Å². The molecule has 0 radical (unpaired) electrons. The summed E-state index contributed by atoms with van der Waals surface area (Å²) >= 11 is 1.19. The molecule has 4 nitrogen and oxygen atoms in total. The Balaban J connectivity index is 1.78. The lowest BCUT2D eigenvalue weighted by Crippen LogP contribution is -2.26. The molecule has 0 aliphatic carbocycles. The van der Waals surface area contributed by atoms with Crippen LogP contribution in [0.3, 0.4) is 0 Å². The maximum Gasteiger partial charge on any atom is 0.275 e. The summed E-state index contributed by atoms with van der Waals surface area (Å²) < 4.78 is 46.2. The van der Waals surface area contributed by atoms with Crippen LogP contribution in [0.25, 0.3) is 0 Å². The zero-order chi connectivity index (χ0) is 21.3. The summed E-state index contributed by atoms with van der Waals surface area (Å²) in [4.78, 5) is 13.1. The van der Waals surface area contributed by atoms with E-state index in [-0.39, 0.29) is 5.56 Å². The second kappa shape index (κ2) is 8.23. The lowest BCUT2D eigenvalue weighted by Gasteiger charge is -2.22. The van der Waals surface area contributed by atoms with Crippen molar-refractivity contribution in [2.75, 3.05) is 7.11 Å². The highest BCUT2D eigenvalue weighted by molar-refractivity contribution is 8.14. The van der Waals surface area contributed by atoms with Gasteiger partial charge in [-0.25, -0.2) is 18.2 Å². The van der Waals surface area contributed by atoms with Crippen LogP contribution in [0.5, 0.6) is 5.75 Å². The molecule has 1 aliphatic rings. The number of carbonyl (C=O) groups excluding carboxylic acids is 1. The smallest absolute Gasteiger partial charge is 0.275 e. The Kier molecular flexibility index (Phi) is 5.50. The molecule has 1 atom stereocenters. The van der Waals surface area contributed by atoms with Gasteiger partial charge in [-0.05, 0) is 42.5 Å². The Morgan fingerprint density at radius 2 is 1.80 bits per heavy atom. The highest BCUT2D eigenvalue weighted by atomic mass is 32.2. The summed E-state index contributed by atoms with van der Waals surface area (Å²) in [5.41, 5.74) is 1.11. The number of ether oxygens (including phenoxy) is 1. The van der Waals surface area contributed by atoms with Gasteiger partial charge in [0.25, 0.3) is 5.91 Å². The zero-order valence-corrected chi connectivity index (χ0v) is 16.5. The maximum atomic E-state index is 13.8. The van der Waals surface area contributed by atoms with Crippen LogP contribution < -0.4 is 4.74 Å². The van der Waals surface area contributed by atoms with Crippen molar-refractivity contribution in [3.8, 4) is 5.75 Å². The number of hydrogen-bond donors (Lipinski definition) is 0. The Hall–Kier alpha value is -3.26. The number of methoxy groups -OCH3 is 1. The number of hydrazone groups is 1. The standard InChI is InChI=1S/C22H15F3N2O2S/c1-29-19-8-3-2-7-16(19)22-27(21(28)14-5-4-6-15(23)11-14)26-20(30-22)13-9-10-17(24)18(25)12-13/h2-12,22H,1H3. The van der Waals surface area contributed by atoms with E-state index in [4.69, 9.17) is 4.74 Å². The molecular formula is C22H15F3N2O2S. The highest BCUT2D eigenvalue weighted by Crippen LogP contribution is 2.45. The van der Waals surface area contributed by atoms with Gasteiger partial charge in [0.2, 0.25) is 0 Å². The van der Waals surface area contributed by atoms with Gasteiger partial charge in [0.1, 0.15) is 22.0 Å². The molecule has 0 fully saturated rings. The molecule has 1 unspecified atom stereocenters. The number of rotatable bonds is 4. The topological polar surface area (TPSA) is 41.9 Å². The van der Waals surface area contributed by atoms with Gasteiger partial charge in [0.05, 0.1) is 7.11 Å². The lowest BCUT2D eigenvalue weighted by molar-refractivity contribution is 0.0747. The Bertz CT molecular complexity index is 1150. The minimum absolute atomic E-state index is 0.116. The van der Waals surface area contributed by atoms with Crippen molar-refractivity contribution in [2.24, 2.45) is 5.10 Å². The van der Waals surface area contributed by atoms with Gasteiger partial charge >= 0.3 is 0 Å². The molecule has 0 N–H and O–H groups in total. The average Bonchev–Trinajstić information content (AvgIpc) is 3.20. The van der Waals surface area contributed by atoms with Crippen LogP contribution in [0.15, 0.2) is 71.8 Å². The van der Waals surface area contributed by atoms with Gasteiger partial charge in [-0.1, -0.05) is 36.0 Å². The van der Waals surface area contributed by atoms with Crippen molar-refractivity contribution < 1.29 is 22.7 Å². The molecule has 152 valence electrons. The third-order valence-corrected chi connectivity index (χ3v) is 5.71. The van der Waals surface area contributed by atoms with Crippen molar-refractivity contribution in [2.45, 2.75) is 5.37 Å². The largest absolute Gasteiger partial charge is 0.496 e. The van der Waals surface area contributed by atoms with Crippen LogP contribution in [0, 0.1) is 17.5 Å². The third kappa shape index (κ3) is 3.78. The number of amides is 1. The second-order valence-corrected chi connectivity index (χ2v) is 7.48. The quantitative estimate of drug-likeness (QED) is 0.562. The molecule has 4 rings (SSSR count). The normalized spacial score (nSPS) is 15.8. The fourth-order valence-corrected chi connectivity index (χ4v) is 4.23. The molecule has 0 aromatic heterocycles. The first-order valence-electron chi connectivity index (χ1n) is 8.90. The van der Waals surface area contributed by atoms with Crippen molar-refractivity contribution >= 4 is 22.7 Å². The molecular weight excluding hydrogens is 413 g/mol. The van der Waals surface area contributed by atoms with Gasteiger partial charge in [0, 0.05) is 16.7 Å². The van der Waals surface area contributed by atoms with E-state index in [1.165, 1.54) is 48.1 Å². The SMILES string of the molecule is COc1ccccc1C1SC(c2ccc(F)c(F)c2)=NN1C(=O)c1cccc(F)c1. The van der Waals surface area contributed by atoms with E-state index in [1.54, 1.807) is 24.3 Å². The fraction of sp³-hybridized carbons (Fsp3) is 0.0909. The van der Waals surface area contributed by atoms with Gasteiger partial charge in [0.15, 0.2) is 11.6 Å². The van der Waals surface area contributed by atoms with Crippen LogP contribution in [0.1, 0.15) is 26.9 Å². The molecule has 0 saturated heterocycles. The van der Waals surface area contributed by atoms with Crippen LogP contribution >= 0.6 is 11.8 Å². The second-order valence-electron chi connectivity index (χ2n) is 6.41. The molecule has 1 aliphatic heterocycles. The van der Waals surface area contributed by atoms with Crippen LogP contribution in [0.2, 0.25) is 0 Å². The van der Waals surface area contributed by atoms with E-state index in [9.17, 15) is 18.0 Å². The van der Waals surface area contributed by atoms with E-state index < -0.39 is 28.7 Å². The van der Waals surface area contributed by atoms with Crippen molar-refractivity contribution in [1.29, 1.82) is 0 Å². The molecule has 3 aromatic rings. The van der Waals surface area contributed by atoms with E-state index in [2.05, 4.69) is 5.10 Å². The van der Waals surface area contributed by atoms with Crippen LogP contribution in [0.4, 0.5) is 13.2 Å². The summed E-state index contributed by atoms with van der Waals surface area (Å²) in [7, 11) is 1.51. The predicted molar refractivity (Wildman–Crippen MR) is 109 cm³/mol. The first-order valence-corrected chi connectivity index (χ1v) is 9.78. The average molecular weight is 428 g/mol. The van der Waals surface area contributed by atoms with Gasteiger partial charge < -0.3 is 4.74 Å². The Labute approximate surface area is 175 Å². The maximum absolute atomic E-state index is 13.8. The predicted octanol–water partition coefficient (Wildman–Crippen LogP) is 5.36.